The molecule has 0 unspecified atom stereocenters. The van der Waals surface area contributed by atoms with Gasteiger partial charge in [0.2, 0.25) is 0 Å². The second-order valence-corrected chi connectivity index (χ2v) is 9.35. The Balaban J connectivity index is 0.00000200. The van der Waals surface area contributed by atoms with Crippen molar-refractivity contribution in [2.24, 2.45) is 5.92 Å². The Labute approximate surface area is 236 Å². The first kappa shape index (κ1) is 29.1. The maximum atomic E-state index is 13.4. The van der Waals surface area contributed by atoms with Crippen LogP contribution in [0.5, 0.6) is 5.75 Å². The highest BCUT2D eigenvalue weighted by Gasteiger charge is 2.25. The molecule has 2 aliphatic rings. The molecule has 198 valence electrons. The van der Waals surface area contributed by atoms with Gasteiger partial charge in [0.25, 0.3) is 5.91 Å². The number of carbonyl (C=O) groups is 1. The lowest BCUT2D eigenvalue weighted by atomic mass is 10.0. The predicted molar refractivity (Wildman–Crippen MR) is 151 cm³/mol. The van der Waals surface area contributed by atoms with Gasteiger partial charge in [-0.25, -0.2) is 4.98 Å². The monoisotopic (exact) mass is 551 g/mol. The number of benzene rings is 2. The molecule has 1 aliphatic carbocycles. The zero-order chi connectivity index (χ0) is 24.9. The van der Waals surface area contributed by atoms with Crippen molar-refractivity contribution in [2.45, 2.75) is 25.9 Å². The predicted octanol–water partition coefficient (Wildman–Crippen LogP) is 4.37. The van der Waals surface area contributed by atoms with Crippen LogP contribution < -0.4 is 4.74 Å². The van der Waals surface area contributed by atoms with Gasteiger partial charge in [-0.3, -0.25) is 9.69 Å². The minimum Gasteiger partial charge on any atom is -0.497 e. The molecule has 5 rings (SSSR count). The third-order valence-corrected chi connectivity index (χ3v) is 6.73. The highest BCUT2D eigenvalue weighted by atomic mass is 35.5. The fourth-order valence-corrected chi connectivity index (χ4v) is 4.36. The van der Waals surface area contributed by atoms with Gasteiger partial charge < -0.3 is 14.2 Å². The molecule has 2 fully saturated rings. The van der Waals surface area contributed by atoms with Gasteiger partial charge in [0.1, 0.15) is 5.75 Å². The van der Waals surface area contributed by atoms with E-state index in [9.17, 15) is 4.79 Å². The third kappa shape index (κ3) is 7.08. The van der Waals surface area contributed by atoms with Gasteiger partial charge >= 0.3 is 0 Å². The van der Waals surface area contributed by atoms with E-state index in [0.717, 1.165) is 49.3 Å². The van der Waals surface area contributed by atoms with Crippen LogP contribution in [0.3, 0.4) is 0 Å². The van der Waals surface area contributed by atoms with Crippen LogP contribution in [0.1, 0.15) is 45.6 Å². The van der Waals surface area contributed by atoms with E-state index in [1.54, 1.807) is 7.11 Å². The van der Waals surface area contributed by atoms with Gasteiger partial charge in [-0.05, 0) is 48.7 Å². The Hall–Kier alpha value is -3.49. The lowest BCUT2D eigenvalue weighted by molar-refractivity contribution is 0.0625. The first-order valence-electron chi connectivity index (χ1n) is 12.3. The molecule has 2 aromatic carbocycles. The topological polar surface area (TPSA) is 74.4 Å². The fourth-order valence-electron chi connectivity index (χ4n) is 4.36. The number of halogens is 2. The van der Waals surface area contributed by atoms with E-state index in [-0.39, 0.29) is 30.7 Å². The molecular formula is C29H31Cl2N5O2. The van der Waals surface area contributed by atoms with Gasteiger partial charge in [0.15, 0.2) is 0 Å². The first-order valence-corrected chi connectivity index (χ1v) is 12.3. The van der Waals surface area contributed by atoms with E-state index >= 15 is 0 Å². The van der Waals surface area contributed by atoms with E-state index in [1.165, 1.54) is 0 Å². The third-order valence-electron chi connectivity index (χ3n) is 6.73. The number of methoxy groups -OCH3 is 1. The lowest BCUT2D eigenvalue weighted by Crippen LogP contribution is -2.48. The Morgan fingerprint density at radius 1 is 1.05 bits per heavy atom. The number of hydrogen-bond acceptors (Lipinski definition) is 5. The summed E-state index contributed by atoms with van der Waals surface area (Å²) in [7, 11) is 1.62. The highest BCUT2D eigenvalue weighted by molar-refractivity contribution is 5.97. The summed E-state index contributed by atoms with van der Waals surface area (Å²) in [6, 6.07) is 15.4. The highest BCUT2D eigenvalue weighted by Crippen LogP contribution is 2.28. The minimum atomic E-state index is 0. The quantitative estimate of drug-likeness (QED) is 0.425. The summed E-state index contributed by atoms with van der Waals surface area (Å²) >= 11 is 0. The van der Waals surface area contributed by atoms with Crippen molar-refractivity contribution < 1.29 is 9.53 Å². The maximum absolute atomic E-state index is 13.4. The molecule has 0 atom stereocenters. The van der Waals surface area contributed by atoms with Crippen LogP contribution in [0.2, 0.25) is 0 Å². The summed E-state index contributed by atoms with van der Waals surface area (Å²) in [5, 5.41) is 9.01. The molecule has 3 aromatic rings. The first-order chi connectivity index (χ1) is 17.6. The molecule has 0 N–H and O–H groups in total. The van der Waals surface area contributed by atoms with Crippen molar-refractivity contribution in [3.05, 3.63) is 82.9 Å². The Morgan fingerprint density at radius 3 is 2.45 bits per heavy atom. The summed E-state index contributed by atoms with van der Waals surface area (Å²) < 4.78 is 7.52. The lowest BCUT2D eigenvalue weighted by Gasteiger charge is -2.35. The standard InChI is InChI=1S/C29H29N5O2.2ClH/c1-36-27-11-10-25(9-8-22-2-3-22)28(16-27)29(35)33-14-12-32(13-15-33)20-26-18-31-21-34(26)19-24-6-4-23(17-30)5-7-24;;/h4-7,10-11,16,18,21-22H,2-3,12-15,19-20H2,1H3;2*1H. The van der Waals surface area contributed by atoms with Crippen molar-refractivity contribution in [2.75, 3.05) is 33.3 Å². The summed E-state index contributed by atoms with van der Waals surface area (Å²) in [5.41, 5.74) is 4.32. The van der Waals surface area contributed by atoms with E-state index in [4.69, 9.17) is 10.00 Å². The van der Waals surface area contributed by atoms with Crippen LogP contribution in [0.25, 0.3) is 0 Å². The molecule has 1 aromatic heterocycles. The molecule has 2 heterocycles. The van der Waals surface area contributed by atoms with E-state index in [1.807, 2.05) is 59.9 Å². The SMILES string of the molecule is COc1ccc(C#CC2CC2)c(C(=O)N2CCN(Cc3cncn3Cc3ccc(C#N)cc3)CC2)c1.Cl.Cl. The van der Waals surface area contributed by atoms with Crippen LogP contribution >= 0.6 is 24.8 Å². The second-order valence-electron chi connectivity index (χ2n) is 9.35. The molecule has 0 spiro atoms. The van der Waals surface area contributed by atoms with Crippen molar-refractivity contribution in [1.82, 2.24) is 19.4 Å². The largest absolute Gasteiger partial charge is 0.497 e. The Morgan fingerprint density at radius 2 is 1.79 bits per heavy atom. The van der Waals surface area contributed by atoms with Gasteiger partial charge in [0.05, 0.1) is 36.3 Å². The zero-order valence-electron chi connectivity index (χ0n) is 21.3. The van der Waals surface area contributed by atoms with E-state index in [0.29, 0.717) is 42.4 Å². The second kappa shape index (κ2) is 13.3. The minimum absolute atomic E-state index is 0. The molecular weight excluding hydrogens is 521 g/mol. The molecule has 0 radical (unpaired) electrons. The maximum Gasteiger partial charge on any atom is 0.255 e. The summed E-state index contributed by atoms with van der Waals surface area (Å²) in [5.74, 6) is 7.66. The van der Waals surface area contributed by atoms with E-state index < -0.39 is 0 Å². The number of nitriles is 1. The number of ether oxygens (including phenoxy) is 1. The van der Waals surface area contributed by atoms with Crippen molar-refractivity contribution >= 4 is 30.7 Å². The molecule has 7 nitrogen and oxygen atoms in total. The number of piperazine rings is 1. The Kier molecular flexibility index (Phi) is 10.2. The number of carbonyl (C=O) groups excluding carboxylic acids is 1. The van der Waals surface area contributed by atoms with Gasteiger partial charge in [0, 0.05) is 56.9 Å². The molecule has 1 saturated carbocycles. The van der Waals surface area contributed by atoms with Crippen LogP contribution in [-0.2, 0) is 13.1 Å². The van der Waals surface area contributed by atoms with Gasteiger partial charge in [-0.2, -0.15) is 5.26 Å². The van der Waals surface area contributed by atoms with Gasteiger partial charge in [-0.15, -0.1) is 24.8 Å². The number of amides is 1. The molecule has 0 bridgehead atoms. The van der Waals surface area contributed by atoms with Crippen LogP contribution in [0.4, 0.5) is 0 Å². The molecule has 1 aliphatic heterocycles. The molecule has 38 heavy (non-hydrogen) atoms. The van der Waals surface area contributed by atoms with Crippen molar-refractivity contribution in [1.29, 1.82) is 5.26 Å². The summed E-state index contributed by atoms with van der Waals surface area (Å²) in [6.45, 7) is 4.39. The smallest absolute Gasteiger partial charge is 0.255 e. The average Bonchev–Trinajstić information content (AvgIpc) is 3.66. The molecule has 9 heteroatoms. The summed E-state index contributed by atoms with van der Waals surface area (Å²) in [6.07, 6.45) is 6.06. The summed E-state index contributed by atoms with van der Waals surface area (Å²) in [4.78, 5) is 22.1. The van der Waals surface area contributed by atoms with Crippen molar-refractivity contribution in [3.8, 4) is 23.7 Å². The molecule has 1 amide bonds. The number of aromatic nitrogens is 2. The zero-order valence-corrected chi connectivity index (χ0v) is 22.9. The van der Waals surface area contributed by atoms with Crippen LogP contribution in [0.15, 0.2) is 55.0 Å². The average molecular weight is 553 g/mol. The van der Waals surface area contributed by atoms with Gasteiger partial charge in [-0.1, -0.05) is 24.0 Å². The van der Waals surface area contributed by atoms with Crippen molar-refractivity contribution in [3.63, 3.8) is 0 Å². The number of rotatable bonds is 6. The number of imidazole rings is 1. The van der Waals surface area contributed by atoms with Crippen LogP contribution in [-0.4, -0.2) is 58.5 Å². The normalized spacial score (nSPS) is 14.8. The van der Waals surface area contributed by atoms with E-state index in [2.05, 4.69) is 32.4 Å². The Bertz CT molecular complexity index is 1340. The fraction of sp³-hybridized carbons (Fsp3) is 0.345. The molecule has 1 saturated heterocycles. The number of hydrogen-bond donors (Lipinski definition) is 0. The van der Waals surface area contributed by atoms with Crippen LogP contribution in [0, 0.1) is 29.1 Å². The number of nitrogens with zero attached hydrogens (tertiary/aromatic N) is 5.